The number of nitrogens with one attached hydrogen (secondary N) is 2. The summed E-state index contributed by atoms with van der Waals surface area (Å²) in [7, 11) is 1.28. The van der Waals surface area contributed by atoms with E-state index in [-0.39, 0.29) is 23.6 Å². The van der Waals surface area contributed by atoms with E-state index in [0.29, 0.717) is 28.8 Å². The van der Waals surface area contributed by atoms with Crippen LogP contribution in [0.25, 0.3) is 0 Å². The van der Waals surface area contributed by atoms with Gasteiger partial charge in [0.1, 0.15) is 17.3 Å². The molecule has 0 spiro atoms. The minimum Gasteiger partial charge on any atom is -0.465 e. The Bertz CT molecular complexity index is 860. The summed E-state index contributed by atoms with van der Waals surface area (Å²) in [5, 5.41) is 2.82. The lowest BCUT2D eigenvalue weighted by atomic mass is 10.1. The molecule has 0 unspecified atom stereocenters. The van der Waals surface area contributed by atoms with Crippen molar-refractivity contribution in [3.8, 4) is 0 Å². The number of carbonyl (C=O) groups excluding carboxylic acids is 2. The second-order valence-corrected chi connectivity index (χ2v) is 6.20. The molecule has 2 aromatic rings. The normalized spacial score (nSPS) is 18.8. The molecule has 1 aliphatic carbocycles. The van der Waals surface area contributed by atoms with E-state index in [0.717, 1.165) is 6.07 Å². The van der Waals surface area contributed by atoms with Crippen molar-refractivity contribution in [2.24, 2.45) is 0 Å². The third kappa shape index (κ3) is 3.14. The largest absolute Gasteiger partial charge is 0.465 e. The maximum absolute atomic E-state index is 13.8. The Hall–Kier alpha value is -2.70. The standard InChI is InChI=1S/C18H18F2N2O3/c1-8-15(18(24)25-3)9(2)21-16(8)17(23)22-14-7-12(14)11-5-4-10(19)6-13(11)20/h4-6,12,14,21H,7H2,1-3H3,(H,22,23)/t12-,14+/m0/s1. The van der Waals surface area contributed by atoms with Gasteiger partial charge in [0.15, 0.2) is 0 Å². The number of methoxy groups -OCH3 is 1. The van der Waals surface area contributed by atoms with E-state index in [1.54, 1.807) is 13.8 Å². The number of rotatable bonds is 4. The molecule has 0 bridgehead atoms. The Morgan fingerprint density at radius 3 is 2.64 bits per heavy atom. The highest BCUT2D eigenvalue weighted by Crippen LogP contribution is 2.42. The summed E-state index contributed by atoms with van der Waals surface area (Å²) in [4.78, 5) is 27.1. The van der Waals surface area contributed by atoms with Gasteiger partial charge in [-0.25, -0.2) is 13.6 Å². The van der Waals surface area contributed by atoms with Crippen LogP contribution in [-0.2, 0) is 4.74 Å². The number of H-pyrrole nitrogens is 1. The molecule has 1 aromatic heterocycles. The van der Waals surface area contributed by atoms with E-state index in [1.807, 2.05) is 0 Å². The summed E-state index contributed by atoms with van der Waals surface area (Å²) in [5.41, 5.74) is 2.06. The SMILES string of the molecule is COC(=O)c1c(C)[nH]c(C(=O)N[C@@H]2C[C@H]2c2ccc(F)cc2F)c1C. The van der Waals surface area contributed by atoms with Crippen LogP contribution < -0.4 is 5.32 Å². The molecule has 1 aliphatic rings. The minimum atomic E-state index is -0.629. The summed E-state index contributed by atoms with van der Waals surface area (Å²) in [6.07, 6.45) is 0.580. The monoisotopic (exact) mass is 348 g/mol. The lowest BCUT2D eigenvalue weighted by molar-refractivity contribution is 0.0599. The second kappa shape index (κ2) is 6.31. The average Bonchev–Trinajstić information content (AvgIpc) is 3.23. The predicted molar refractivity (Wildman–Crippen MR) is 86.6 cm³/mol. The van der Waals surface area contributed by atoms with Gasteiger partial charge in [-0.3, -0.25) is 4.79 Å². The van der Waals surface area contributed by atoms with Crippen LogP contribution in [0.1, 0.15) is 50.0 Å². The number of carbonyl (C=O) groups is 2. The molecule has 7 heteroatoms. The highest BCUT2D eigenvalue weighted by Gasteiger charge is 2.41. The van der Waals surface area contributed by atoms with Crippen molar-refractivity contribution < 1.29 is 23.1 Å². The molecule has 2 N–H and O–H groups in total. The van der Waals surface area contributed by atoms with Crippen LogP contribution >= 0.6 is 0 Å². The van der Waals surface area contributed by atoms with E-state index < -0.39 is 17.6 Å². The lowest BCUT2D eigenvalue weighted by Gasteiger charge is -2.06. The number of esters is 1. The number of amides is 1. The van der Waals surface area contributed by atoms with Gasteiger partial charge in [0.05, 0.1) is 12.7 Å². The lowest BCUT2D eigenvalue weighted by Crippen LogP contribution is -2.27. The highest BCUT2D eigenvalue weighted by atomic mass is 19.1. The van der Waals surface area contributed by atoms with E-state index in [4.69, 9.17) is 4.74 Å². The average molecular weight is 348 g/mol. The maximum atomic E-state index is 13.8. The second-order valence-electron chi connectivity index (χ2n) is 6.20. The zero-order valence-corrected chi connectivity index (χ0v) is 14.1. The Balaban J connectivity index is 1.73. The first-order chi connectivity index (χ1) is 11.8. The Labute approximate surface area is 143 Å². The fraction of sp³-hybridized carbons (Fsp3) is 0.333. The molecule has 2 atom stereocenters. The quantitative estimate of drug-likeness (QED) is 0.835. The van der Waals surface area contributed by atoms with Gasteiger partial charge in [-0.15, -0.1) is 0 Å². The first-order valence-electron chi connectivity index (χ1n) is 7.86. The smallest absolute Gasteiger partial charge is 0.339 e. The summed E-state index contributed by atoms with van der Waals surface area (Å²) in [6, 6.07) is 3.22. The molecule has 1 saturated carbocycles. The van der Waals surface area contributed by atoms with E-state index >= 15 is 0 Å². The molecule has 0 aliphatic heterocycles. The number of aromatic amines is 1. The van der Waals surface area contributed by atoms with Gasteiger partial charge >= 0.3 is 5.97 Å². The summed E-state index contributed by atoms with van der Waals surface area (Å²) < 4.78 is 31.5. The summed E-state index contributed by atoms with van der Waals surface area (Å²) >= 11 is 0. The van der Waals surface area contributed by atoms with Gasteiger partial charge in [0.25, 0.3) is 5.91 Å². The number of benzene rings is 1. The van der Waals surface area contributed by atoms with E-state index in [2.05, 4.69) is 10.3 Å². The Kier molecular flexibility index (Phi) is 4.32. The number of hydrogen-bond donors (Lipinski definition) is 2. The fourth-order valence-electron chi connectivity index (χ4n) is 3.13. The van der Waals surface area contributed by atoms with Crippen molar-refractivity contribution in [2.75, 3.05) is 7.11 Å². The molecule has 3 rings (SSSR count). The van der Waals surface area contributed by atoms with Crippen molar-refractivity contribution in [1.29, 1.82) is 0 Å². The maximum Gasteiger partial charge on any atom is 0.339 e. The van der Waals surface area contributed by atoms with Crippen LogP contribution in [0.4, 0.5) is 8.78 Å². The van der Waals surface area contributed by atoms with Crippen LogP contribution in [0.5, 0.6) is 0 Å². The minimum absolute atomic E-state index is 0.180. The van der Waals surface area contributed by atoms with Crippen molar-refractivity contribution in [3.63, 3.8) is 0 Å². The number of halogens is 2. The third-order valence-corrected chi connectivity index (χ3v) is 4.52. The van der Waals surface area contributed by atoms with Gasteiger partial charge in [0, 0.05) is 23.7 Å². The van der Waals surface area contributed by atoms with Gasteiger partial charge in [0.2, 0.25) is 0 Å². The molecule has 1 fully saturated rings. The molecule has 0 radical (unpaired) electrons. The van der Waals surface area contributed by atoms with Crippen LogP contribution in [0, 0.1) is 25.5 Å². The van der Waals surface area contributed by atoms with Gasteiger partial charge in [-0.05, 0) is 37.5 Å². The zero-order chi connectivity index (χ0) is 18.3. The van der Waals surface area contributed by atoms with Crippen LogP contribution in [0.3, 0.4) is 0 Å². The van der Waals surface area contributed by atoms with Crippen LogP contribution in [-0.4, -0.2) is 30.0 Å². The molecule has 1 amide bonds. The molecule has 5 nitrogen and oxygen atoms in total. The number of hydrogen-bond acceptors (Lipinski definition) is 3. The molecule has 25 heavy (non-hydrogen) atoms. The first-order valence-corrected chi connectivity index (χ1v) is 7.86. The van der Waals surface area contributed by atoms with Crippen LogP contribution in [0.2, 0.25) is 0 Å². The topological polar surface area (TPSA) is 71.2 Å². The van der Waals surface area contributed by atoms with Crippen LogP contribution in [0.15, 0.2) is 18.2 Å². The number of ether oxygens (including phenoxy) is 1. The zero-order valence-electron chi connectivity index (χ0n) is 14.1. The molecule has 1 aromatic carbocycles. The summed E-state index contributed by atoms with van der Waals surface area (Å²) in [5.74, 6) is -2.30. The fourth-order valence-corrected chi connectivity index (χ4v) is 3.13. The Morgan fingerprint density at radius 2 is 2.00 bits per heavy atom. The molecule has 1 heterocycles. The first kappa shape index (κ1) is 17.1. The third-order valence-electron chi connectivity index (χ3n) is 4.52. The van der Waals surface area contributed by atoms with Crippen molar-refractivity contribution in [1.82, 2.24) is 10.3 Å². The predicted octanol–water partition coefficient (Wildman–Crippen LogP) is 2.98. The number of aryl methyl sites for hydroxylation is 1. The molecular formula is C18H18F2N2O3. The molecular weight excluding hydrogens is 330 g/mol. The molecule has 0 saturated heterocycles. The van der Waals surface area contributed by atoms with Crippen molar-refractivity contribution in [3.05, 3.63) is 57.9 Å². The number of aromatic nitrogens is 1. The molecule has 132 valence electrons. The van der Waals surface area contributed by atoms with Crippen molar-refractivity contribution in [2.45, 2.75) is 32.2 Å². The van der Waals surface area contributed by atoms with Gasteiger partial charge in [-0.1, -0.05) is 6.07 Å². The van der Waals surface area contributed by atoms with Crippen molar-refractivity contribution >= 4 is 11.9 Å². The van der Waals surface area contributed by atoms with Gasteiger partial charge < -0.3 is 15.0 Å². The Morgan fingerprint density at radius 1 is 1.28 bits per heavy atom. The van der Waals surface area contributed by atoms with Gasteiger partial charge in [-0.2, -0.15) is 0 Å². The summed E-state index contributed by atoms with van der Waals surface area (Å²) in [6.45, 7) is 3.35. The van der Waals surface area contributed by atoms with E-state index in [9.17, 15) is 18.4 Å². The van der Waals surface area contributed by atoms with E-state index in [1.165, 1.54) is 19.2 Å². The highest BCUT2D eigenvalue weighted by molar-refractivity contribution is 6.00.